The number of benzene rings is 2. The van der Waals surface area contributed by atoms with Crippen molar-refractivity contribution in [2.45, 2.75) is 0 Å². The molecule has 0 spiro atoms. The van der Waals surface area contributed by atoms with E-state index in [-0.39, 0.29) is 12.5 Å². The topological polar surface area (TPSA) is 50.4 Å². The lowest BCUT2D eigenvalue weighted by atomic mass is 10.2. The van der Waals surface area contributed by atoms with E-state index in [9.17, 15) is 4.79 Å². The summed E-state index contributed by atoms with van der Waals surface area (Å²) in [5.41, 5.74) is 2.15. The van der Waals surface area contributed by atoms with Crippen LogP contribution in [0.3, 0.4) is 0 Å². The third-order valence-electron chi connectivity index (χ3n) is 2.92. The number of carbonyl (C=O) groups excluding carboxylic acids is 1. The summed E-state index contributed by atoms with van der Waals surface area (Å²) >= 11 is 6.01. The minimum Gasteiger partial charge on any atom is -0.495 e. The van der Waals surface area contributed by atoms with Crippen molar-refractivity contribution in [1.82, 2.24) is 0 Å². The number of amides is 1. The first-order valence-corrected chi connectivity index (χ1v) is 6.94. The first kappa shape index (κ1) is 15.7. The van der Waals surface area contributed by atoms with Crippen LogP contribution in [0.15, 0.2) is 42.5 Å². The maximum Gasteiger partial charge on any atom is 0.243 e. The minimum atomic E-state index is -0.188. The van der Waals surface area contributed by atoms with Crippen LogP contribution in [0.4, 0.5) is 11.4 Å². The molecule has 112 valence electrons. The molecule has 0 bridgehead atoms. The quantitative estimate of drug-likeness (QED) is 0.832. The molecule has 5 heteroatoms. The second-order valence-corrected chi connectivity index (χ2v) is 4.88. The molecule has 0 aromatic heterocycles. The number of hydrogen-bond acceptors (Lipinski definition) is 3. The number of rotatable bonds is 5. The summed E-state index contributed by atoms with van der Waals surface area (Å²) in [5.74, 6) is 2.92. The van der Waals surface area contributed by atoms with Crippen molar-refractivity contribution in [1.29, 1.82) is 0 Å². The van der Waals surface area contributed by atoms with Gasteiger partial charge in [-0.1, -0.05) is 23.6 Å². The molecule has 2 rings (SSSR count). The predicted molar refractivity (Wildman–Crippen MR) is 89.5 cm³/mol. The van der Waals surface area contributed by atoms with E-state index in [1.54, 1.807) is 24.3 Å². The number of terminal acetylenes is 1. The van der Waals surface area contributed by atoms with Crippen molar-refractivity contribution in [3.63, 3.8) is 0 Å². The number of nitrogens with one attached hydrogen (secondary N) is 2. The van der Waals surface area contributed by atoms with Crippen molar-refractivity contribution < 1.29 is 9.53 Å². The highest BCUT2D eigenvalue weighted by Crippen LogP contribution is 2.27. The summed E-state index contributed by atoms with van der Waals surface area (Å²) < 4.78 is 5.06. The molecule has 0 saturated carbocycles. The van der Waals surface area contributed by atoms with Crippen molar-refractivity contribution >= 4 is 28.9 Å². The maximum absolute atomic E-state index is 11.9. The normalized spacial score (nSPS) is 9.68. The Bertz CT molecular complexity index is 723. The summed E-state index contributed by atoms with van der Waals surface area (Å²) in [6.45, 7) is 0.123. The first-order valence-electron chi connectivity index (χ1n) is 6.56. The summed E-state index contributed by atoms with van der Waals surface area (Å²) in [6, 6.07) is 12.4. The van der Waals surface area contributed by atoms with Gasteiger partial charge in [0.15, 0.2) is 0 Å². The van der Waals surface area contributed by atoms with Gasteiger partial charge in [0.2, 0.25) is 5.91 Å². The molecule has 0 aliphatic carbocycles. The van der Waals surface area contributed by atoms with E-state index in [2.05, 4.69) is 16.6 Å². The van der Waals surface area contributed by atoms with E-state index in [0.717, 1.165) is 11.3 Å². The molecule has 4 nitrogen and oxygen atoms in total. The van der Waals surface area contributed by atoms with E-state index in [0.29, 0.717) is 16.5 Å². The lowest BCUT2D eigenvalue weighted by Crippen LogP contribution is -2.21. The fraction of sp³-hybridized carbons (Fsp3) is 0.118. The number of hydrogen-bond donors (Lipinski definition) is 2. The van der Waals surface area contributed by atoms with E-state index in [1.807, 2.05) is 18.2 Å². The smallest absolute Gasteiger partial charge is 0.243 e. The zero-order valence-corrected chi connectivity index (χ0v) is 12.8. The number of methoxy groups -OCH3 is 1. The van der Waals surface area contributed by atoms with Crippen molar-refractivity contribution in [2.24, 2.45) is 0 Å². The summed E-state index contributed by atoms with van der Waals surface area (Å²) in [4.78, 5) is 11.9. The standard InChI is InChI=1S/C17H15ClN2O2/c1-3-12-5-4-6-13(9-12)19-11-17(21)20-14-7-8-16(22-2)15(18)10-14/h1,4-10,19H,11H2,2H3,(H,20,21). The molecule has 1 amide bonds. The van der Waals surface area contributed by atoms with Crippen LogP contribution < -0.4 is 15.4 Å². The lowest BCUT2D eigenvalue weighted by Gasteiger charge is -2.09. The van der Waals surface area contributed by atoms with Crippen molar-refractivity contribution in [3.8, 4) is 18.1 Å². The average molecular weight is 315 g/mol. The molecule has 0 heterocycles. The highest BCUT2D eigenvalue weighted by atomic mass is 35.5. The van der Waals surface area contributed by atoms with Gasteiger partial charge in [0.05, 0.1) is 18.7 Å². The largest absolute Gasteiger partial charge is 0.495 e. The van der Waals surface area contributed by atoms with Gasteiger partial charge in [0.25, 0.3) is 0 Å². The molecule has 0 radical (unpaired) electrons. The molecule has 2 aromatic carbocycles. The molecule has 2 N–H and O–H groups in total. The summed E-state index contributed by atoms with van der Waals surface area (Å²) in [7, 11) is 1.54. The minimum absolute atomic E-state index is 0.123. The molecule has 0 saturated heterocycles. The van der Waals surface area contributed by atoms with Gasteiger partial charge in [-0.15, -0.1) is 6.42 Å². The summed E-state index contributed by atoms with van der Waals surface area (Å²) in [5, 5.41) is 6.20. The molecular weight excluding hydrogens is 300 g/mol. The van der Waals surface area contributed by atoms with Crippen LogP contribution >= 0.6 is 11.6 Å². The van der Waals surface area contributed by atoms with Crippen LogP contribution in [0, 0.1) is 12.3 Å². The van der Waals surface area contributed by atoms with E-state index in [4.69, 9.17) is 22.8 Å². The molecule has 0 unspecified atom stereocenters. The Morgan fingerprint density at radius 3 is 2.77 bits per heavy atom. The Morgan fingerprint density at radius 2 is 2.09 bits per heavy atom. The molecule has 22 heavy (non-hydrogen) atoms. The second kappa shape index (κ2) is 7.39. The van der Waals surface area contributed by atoms with Gasteiger partial charge >= 0.3 is 0 Å². The zero-order valence-electron chi connectivity index (χ0n) is 12.0. The SMILES string of the molecule is C#Cc1cccc(NCC(=O)Nc2ccc(OC)c(Cl)c2)c1. The lowest BCUT2D eigenvalue weighted by molar-refractivity contribution is -0.114. The maximum atomic E-state index is 11.9. The molecule has 0 atom stereocenters. The Labute approximate surface area is 134 Å². The highest BCUT2D eigenvalue weighted by Gasteiger charge is 2.06. The first-order chi connectivity index (χ1) is 10.6. The third kappa shape index (κ3) is 4.18. The Kier molecular flexibility index (Phi) is 5.29. The van der Waals surface area contributed by atoms with Gasteiger partial charge in [-0.3, -0.25) is 4.79 Å². The van der Waals surface area contributed by atoms with Crippen LogP contribution in [-0.2, 0) is 4.79 Å². The van der Waals surface area contributed by atoms with Crippen LogP contribution in [-0.4, -0.2) is 19.6 Å². The zero-order chi connectivity index (χ0) is 15.9. The molecule has 0 aliphatic heterocycles. The van der Waals surface area contributed by atoms with Crippen LogP contribution in [0.2, 0.25) is 5.02 Å². The Balaban J connectivity index is 1.93. The van der Waals surface area contributed by atoms with E-state index in [1.165, 1.54) is 7.11 Å². The monoisotopic (exact) mass is 314 g/mol. The Hall–Kier alpha value is -2.64. The highest BCUT2D eigenvalue weighted by molar-refractivity contribution is 6.32. The van der Waals surface area contributed by atoms with Gasteiger partial charge in [0, 0.05) is 16.9 Å². The fourth-order valence-corrected chi connectivity index (χ4v) is 2.11. The Morgan fingerprint density at radius 1 is 1.27 bits per heavy atom. The van der Waals surface area contributed by atoms with Gasteiger partial charge in [-0.25, -0.2) is 0 Å². The number of halogens is 1. The fourth-order valence-electron chi connectivity index (χ4n) is 1.85. The molecule has 0 fully saturated rings. The molecule has 0 aliphatic rings. The van der Waals surface area contributed by atoms with E-state index >= 15 is 0 Å². The van der Waals surface area contributed by atoms with Gasteiger partial charge in [-0.05, 0) is 36.4 Å². The third-order valence-corrected chi connectivity index (χ3v) is 3.21. The van der Waals surface area contributed by atoms with Crippen molar-refractivity contribution in [3.05, 3.63) is 53.1 Å². The predicted octanol–water partition coefficient (Wildman–Crippen LogP) is 3.38. The number of ether oxygens (including phenoxy) is 1. The number of carbonyl (C=O) groups is 1. The average Bonchev–Trinajstić information content (AvgIpc) is 2.53. The molecule has 2 aromatic rings. The van der Waals surface area contributed by atoms with Crippen LogP contribution in [0.25, 0.3) is 0 Å². The van der Waals surface area contributed by atoms with Crippen LogP contribution in [0.1, 0.15) is 5.56 Å². The second-order valence-electron chi connectivity index (χ2n) is 4.48. The van der Waals surface area contributed by atoms with Gasteiger partial charge in [0.1, 0.15) is 5.75 Å². The van der Waals surface area contributed by atoms with Crippen LogP contribution in [0.5, 0.6) is 5.75 Å². The summed E-state index contributed by atoms with van der Waals surface area (Å²) in [6.07, 6.45) is 5.33. The van der Waals surface area contributed by atoms with E-state index < -0.39 is 0 Å². The van der Waals surface area contributed by atoms with Gasteiger partial charge < -0.3 is 15.4 Å². The van der Waals surface area contributed by atoms with Crippen molar-refractivity contribution in [2.75, 3.05) is 24.3 Å². The van der Waals surface area contributed by atoms with Gasteiger partial charge in [-0.2, -0.15) is 0 Å². The molecular formula is C17H15ClN2O2. The number of anilines is 2.